The van der Waals surface area contributed by atoms with Gasteiger partial charge in [-0.2, -0.15) is 0 Å². The van der Waals surface area contributed by atoms with Crippen molar-refractivity contribution in [3.8, 4) is 11.5 Å². The van der Waals surface area contributed by atoms with Crippen LogP contribution in [0.2, 0.25) is 0 Å². The summed E-state index contributed by atoms with van der Waals surface area (Å²) in [6.07, 6.45) is 6.86. The first-order valence-corrected chi connectivity index (χ1v) is 9.31. The summed E-state index contributed by atoms with van der Waals surface area (Å²) in [6, 6.07) is 12.2. The van der Waals surface area contributed by atoms with E-state index in [1.165, 1.54) is 5.56 Å². The average molecular weight is 354 g/mol. The van der Waals surface area contributed by atoms with Crippen molar-refractivity contribution >= 4 is 0 Å². The summed E-state index contributed by atoms with van der Waals surface area (Å²) >= 11 is 0. The van der Waals surface area contributed by atoms with Crippen LogP contribution in [0.15, 0.2) is 48.8 Å². The highest BCUT2D eigenvalue weighted by Crippen LogP contribution is 2.36. The normalized spacial score (nSPS) is 26.1. The molecule has 26 heavy (non-hydrogen) atoms. The molecule has 5 nitrogen and oxygen atoms in total. The van der Waals surface area contributed by atoms with E-state index in [0.29, 0.717) is 6.61 Å². The van der Waals surface area contributed by atoms with Crippen LogP contribution in [0.1, 0.15) is 24.8 Å². The molecule has 0 N–H and O–H groups in total. The van der Waals surface area contributed by atoms with Gasteiger partial charge in [0, 0.05) is 25.7 Å². The average Bonchev–Trinajstić information content (AvgIpc) is 3.05. The molecule has 0 bridgehead atoms. The molecule has 1 aromatic heterocycles. The number of hydrogen-bond donors (Lipinski definition) is 0. The van der Waals surface area contributed by atoms with Gasteiger partial charge in [0.05, 0.1) is 25.5 Å². The van der Waals surface area contributed by atoms with Crippen molar-refractivity contribution in [3.05, 3.63) is 54.4 Å². The van der Waals surface area contributed by atoms with Crippen LogP contribution >= 0.6 is 0 Å². The quantitative estimate of drug-likeness (QED) is 0.824. The molecule has 2 saturated heterocycles. The van der Waals surface area contributed by atoms with Crippen LogP contribution in [0, 0.1) is 0 Å². The largest absolute Gasteiger partial charge is 0.497 e. The van der Waals surface area contributed by atoms with Crippen molar-refractivity contribution in [2.45, 2.75) is 37.5 Å². The molecule has 2 aliphatic heterocycles. The van der Waals surface area contributed by atoms with Gasteiger partial charge in [-0.25, -0.2) is 0 Å². The van der Waals surface area contributed by atoms with Crippen molar-refractivity contribution in [3.63, 3.8) is 0 Å². The van der Waals surface area contributed by atoms with E-state index in [2.05, 4.69) is 22.0 Å². The molecule has 0 saturated carbocycles. The van der Waals surface area contributed by atoms with Crippen LogP contribution in [0.25, 0.3) is 0 Å². The molecule has 138 valence electrons. The van der Waals surface area contributed by atoms with Gasteiger partial charge in [0.15, 0.2) is 0 Å². The Balaban J connectivity index is 1.35. The zero-order chi connectivity index (χ0) is 17.8. The summed E-state index contributed by atoms with van der Waals surface area (Å²) in [5, 5.41) is 0. The lowest BCUT2D eigenvalue weighted by molar-refractivity contribution is -0.0538. The maximum Gasteiger partial charge on any atom is 0.138 e. The Morgan fingerprint density at radius 1 is 1.23 bits per heavy atom. The molecule has 2 aromatic rings. The third kappa shape index (κ3) is 4.00. The molecule has 1 aromatic carbocycles. The smallest absolute Gasteiger partial charge is 0.138 e. The van der Waals surface area contributed by atoms with Crippen molar-refractivity contribution in [2.75, 3.05) is 26.8 Å². The van der Waals surface area contributed by atoms with E-state index in [1.807, 2.05) is 24.3 Å². The van der Waals surface area contributed by atoms with E-state index < -0.39 is 0 Å². The maximum atomic E-state index is 6.26. The molecule has 3 heterocycles. The first-order chi connectivity index (χ1) is 12.7. The first-order valence-electron chi connectivity index (χ1n) is 9.31. The summed E-state index contributed by atoms with van der Waals surface area (Å²) in [5.74, 6) is 1.72. The van der Waals surface area contributed by atoms with Gasteiger partial charge < -0.3 is 14.2 Å². The molecule has 0 unspecified atom stereocenters. The van der Waals surface area contributed by atoms with E-state index >= 15 is 0 Å². The molecular weight excluding hydrogens is 328 g/mol. The third-order valence-electron chi connectivity index (χ3n) is 5.30. The minimum absolute atomic E-state index is 0.0718. The molecule has 2 aliphatic rings. The predicted octanol–water partition coefficient (Wildman–Crippen LogP) is 3.29. The Labute approximate surface area is 154 Å². The van der Waals surface area contributed by atoms with Crippen LogP contribution < -0.4 is 9.47 Å². The van der Waals surface area contributed by atoms with Crippen LogP contribution in [-0.2, 0) is 11.3 Å². The Bertz CT molecular complexity index is 707. The standard InChI is InChI=1S/C21H26N2O3/c1-24-18-7-5-17(6-8-18)14-23-11-3-9-21(16-23)12-20(15-25-21)26-19-4-2-10-22-13-19/h2,4-8,10,13,20H,3,9,11-12,14-16H2,1H3/t20-,21+/m0/s1. The minimum Gasteiger partial charge on any atom is -0.497 e. The summed E-state index contributed by atoms with van der Waals surface area (Å²) in [6.45, 7) is 3.69. The summed E-state index contributed by atoms with van der Waals surface area (Å²) in [4.78, 5) is 6.62. The fraction of sp³-hybridized carbons (Fsp3) is 0.476. The number of piperidine rings is 1. The molecule has 1 spiro atoms. The lowest BCUT2D eigenvalue weighted by Gasteiger charge is -2.39. The molecule has 2 atom stereocenters. The second kappa shape index (κ2) is 7.64. The molecular formula is C21H26N2O3. The number of nitrogens with zero attached hydrogens (tertiary/aromatic N) is 2. The zero-order valence-corrected chi connectivity index (χ0v) is 15.3. The van der Waals surface area contributed by atoms with Gasteiger partial charge in [-0.15, -0.1) is 0 Å². The number of benzene rings is 1. The third-order valence-corrected chi connectivity index (χ3v) is 5.30. The number of likely N-dealkylation sites (tertiary alicyclic amines) is 1. The zero-order valence-electron chi connectivity index (χ0n) is 15.3. The van der Waals surface area contributed by atoms with E-state index in [1.54, 1.807) is 19.5 Å². The van der Waals surface area contributed by atoms with Gasteiger partial charge in [-0.3, -0.25) is 9.88 Å². The maximum absolute atomic E-state index is 6.26. The Hall–Kier alpha value is -2.11. The van der Waals surface area contributed by atoms with Gasteiger partial charge in [0.25, 0.3) is 0 Å². The summed E-state index contributed by atoms with van der Waals surface area (Å²) in [5.41, 5.74) is 1.24. The Kier molecular flexibility index (Phi) is 5.09. The van der Waals surface area contributed by atoms with E-state index in [4.69, 9.17) is 14.2 Å². The van der Waals surface area contributed by atoms with Crippen LogP contribution in [-0.4, -0.2) is 48.4 Å². The summed E-state index contributed by atoms with van der Waals surface area (Å²) < 4.78 is 17.6. The molecule has 0 radical (unpaired) electrons. The molecule has 5 heteroatoms. The fourth-order valence-electron chi connectivity index (χ4n) is 4.09. The number of aromatic nitrogens is 1. The molecule has 4 rings (SSSR count). The fourth-order valence-corrected chi connectivity index (χ4v) is 4.09. The first kappa shape index (κ1) is 17.3. The lowest BCUT2D eigenvalue weighted by atomic mass is 9.89. The lowest BCUT2D eigenvalue weighted by Crippen LogP contribution is -2.47. The van der Waals surface area contributed by atoms with Gasteiger partial charge >= 0.3 is 0 Å². The molecule has 2 fully saturated rings. The van der Waals surface area contributed by atoms with Gasteiger partial charge in [-0.1, -0.05) is 12.1 Å². The second-order valence-corrected chi connectivity index (χ2v) is 7.29. The highest BCUT2D eigenvalue weighted by molar-refractivity contribution is 5.27. The second-order valence-electron chi connectivity index (χ2n) is 7.29. The van der Waals surface area contributed by atoms with Crippen molar-refractivity contribution < 1.29 is 14.2 Å². The summed E-state index contributed by atoms with van der Waals surface area (Å²) in [7, 11) is 1.70. The van der Waals surface area contributed by atoms with Gasteiger partial charge in [0.1, 0.15) is 17.6 Å². The van der Waals surface area contributed by atoms with Crippen molar-refractivity contribution in [1.29, 1.82) is 0 Å². The van der Waals surface area contributed by atoms with E-state index in [-0.39, 0.29) is 11.7 Å². The number of methoxy groups -OCH3 is 1. The van der Waals surface area contributed by atoms with Gasteiger partial charge in [0.2, 0.25) is 0 Å². The van der Waals surface area contributed by atoms with Crippen molar-refractivity contribution in [1.82, 2.24) is 9.88 Å². The topological polar surface area (TPSA) is 43.8 Å². The van der Waals surface area contributed by atoms with Crippen molar-refractivity contribution in [2.24, 2.45) is 0 Å². The molecule has 0 aliphatic carbocycles. The van der Waals surface area contributed by atoms with Crippen LogP contribution in [0.5, 0.6) is 11.5 Å². The highest BCUT2D eigenvalue weighted by Gasteiger charge is 2.44. The number of rotatable bonds is 5. The number of hydrogen-bond acceptors (Lipinski definition) is 5. The highest BCUT2D eigenvalue weighted by atomic mass is 16.6. The Morgan fingerprint density at radius 2 is 2.12 bits per heavy atom. The monoisotopic (exact) mass is 354 g/mol. The number of pyridine rings is 1. The SMILES string of the molecule is COc1ccc(CN2CCC[C@@]3(C[C@H](Oc4cccnc4)CO3)C2)cc1. The predicted molar refractivity (Wildman–Crippen MR) is 99.5 cm³/mol. The van der Waals surface area contributed by atoms with Crippen LogP contribution in [0.3, 0.4) is 0 Å². The van der Waals surface area contributed by atoms with E-state index in [9.17, 15) is 0 Å². The minimum atomic E-state index is -0.0718. The van der Waals surface area contributed by atoms with Crippen LogP contribution in [0.4, 0.5) is 0 Å². The Morgan fingerprint density at radius 3 is 2.88 bits per heavy atom. The molecule has 0 amide bonds. The van der Waals surface area contributed by atoms with Gasteiger partial charge in [-0.05, 0) is 49.2 Å². The number of ether oxygens (including phenoxy) is 3. The van der Waals surface area contributed by atoms with E-state index in [0.717, 1.165) is 50.4 Å².